The summed E-state index contributed by atoms with van der Waals surface area (Å²) in [5.41, 5.74) is 1.05. The minimum atomic E-state index is -0.382. The fourth-order valence-corrected chi connectivity index (χ4v) is 8.42. The zero-order chi connectivity index (χ0) is 45.3. The van der Waals surface area contributed by atoms with Gasteiger partial charge < -0.3 is 19.1 Å². The molecular formula is C54H96N2O6. The van der Waals surface area contributed by atoms with Crippen LogP contribution in [-0.4, -0.2) is 67.7 Å². The Kier molecular flexibility index (Phi) is 38.0. The highest BCUT2D eigenvalue weighted by Gasteiger charge is 2.18. The Morgan fingerprint density at radius 2 is 0.968 bits per heavy atom. The fourth-order valence-electron chi connectivity index (χ4n) is 8.42. The molecule has 1 rings (SSSR count). The molecule has 62 heavy (non-hydrogen) atoms. The molecule has 0 fully saturated rings. The van der Waals surface area contributed by atoms with Crippen LogP contribution in [0.4, 0.5) is 0 Å². The Morgan fingerprint density at radius 3 is 1.40 bits per heavy atom. The first-order valence-electron chi connectivity index (χ1n) is 26.2. The van der Waals surface area contributed by atoms with Gasteiger partial charge in [0.05, 0.1) is 18.9 Å². The van der Waals surface area contributed by atoms with E-state index in [0.29, 0.717) is 43.6 Å². The van der Waals surface area contributed by atoms with E-state index in [-0.39, 0.29) is 24.0 Å². The molecule has 8 heteroatoms. The molecule has 0 spiro atoms. The van der Waals surface area contributed by atoms with Gasteiger partial charge in [-0.1, -0.05) is 175 Å². The number of esters is 3. The standard InChI is InChI=1S/C54H96N2O6/c1-7-11-21-31-47(32-22-12-8-2)42-45-60-52(57)40-27-19-15-17-25-37-50(62-54(59)51-39-29-35-49(55-51)36-30-44-56(5)6)38-26-18-16-20-28-41-53(58)61-46-43-48(33-23-13-9-3)34-24-14-10-4/h39,47-48,50H,7-28,30-34,36-38,40-46H2,1-6H3. The van der Waals surface area contributed by atoms with Crippen molar-refractivity contribution in [1.82, 2.24) is 9.88 Å². The molecule has 8 nitrogen and oxygen atoms in total. The van der Waals surface area contributed by atoms with Crippen molar-refractivity contribution in [2.45, 2.75) is 252 Å². The zero-order valence-electron chi connectivity index (χ0n) is 41.3. The summed E-state index contributed by atoms with van der Waals surface area (Å²) in [6.45, 7) is 11.1. The van der Waals surface area contributed by atoms with E-state index in [1.807, 2.05) is 14.1 Å². The number of rotatable bonds is 44. The molecule has 0 saturated heterocycles. The molecule has 0 aliphatic rings. The van der Waals surface area contributed by atoms with Gasteiger partial charge in [-0.25, -0.2) is 9.78 Å². The first-order chi connectivity index (χ1) is 30.2. The predicted molar refractivity (Wildman–Crippen MR) is 257 cm³/mol. The van der Waals surface area contributed by atoms with E-state index >= 15 is 0 Å². The Balaban J connectivity index is 2.49. The number of ether oxygens (including phenoxy) is 3. The van der Waals surface area contributed by atoms with Crippen LogP contribution in [0.15, 0.2) is 6.07 Å². The third-order valence-corrected chi connectivity index (χ3v) is 12.4. The number of nitrogens with zero attached hydrogens (tertiary/aromatic N) is 2. The fraction of sp³-hybridized carbons (Fsp3) is 0.852. The van der Waals surface area contributed by atoms with Crippen molar-refractivity contribution in [3.05, 3.63) is 29.6 Å². The molecule has 0 aromatic carbocycles. The van der Waals surface area contributed by atoms with Crippen LogP contribution in [0.2, 0.25) is 0 Å². The second kappa shape index (κ2) is 41.1. The Hall–Kier alpha value is -2.66. The lowest BCUT2D eigenvalue weighted by Gasteiger charge is -2.18. The summed E-state index contributed by atoms with van der Waals surface area (Å²) in [6.07, 6.45) is 36.2. The van der Waals surface area contributed by atoms with Gasteiger partial charge in [0.15, 0.2) is 5.69 Å². The largest absolute Gasteiger partial charge is 0.466 e. The van der Waals surface area contributed by atoms with Crippen LogP contribution in [0, 0.1) is 24.0 Å². The van der Waals surface area contributed by atoms with Gasteiger partial charge in [0.25, 0.3) is 0 Å². The van der Waals surface area contributed by atoms with E-state index in [1.54, 1.807) is 6.07 Å². The molecule has 0 aliphatic heterocycles. The average molecular weight is 869 g/mol. The van der Waals surface area contributed by atoms with Crippen LogP contribution in [0.1, 0.15) is 256 Å². The highest BCUT2D eigenvalue weighted by Crippen LogP contribution is 2.23. The van der Waals surface area contributed by atoms with Crippen molar-refractivity contribution in [3.63, 3.8) is 0 Å². The van der Waals surface area contributed by atoms with E-state index in [1.165, 1.54) is 103 Å². The third kappa shape index (κ3) is 33.8. The van der Waals surface area contributed by atoms with Gasteiger partial charge in [-0.2, -0.15) is 0 Å². The van der Waals surface area contributed by atoms with E-state index in [4.69, 9.17) is 14.2 Å². The van der Waals surface area contributed by atoms with Crippen LogP contribution < -0.4 is 0 Å². The van der Waals surface area contributed by atoms with Crippen LogP contribution in [-0.2, 0) is 30.2 Å². The summed E-state index contributed by atoms with van der Waals surface area (Å²) in [7, 11) is 4.10. The summed E-state index contributed by atoms with van der Waals surface area (Å²) < 4.78 is 17.4. The number of unbranched alkanes of at least 4 members (excludes halogenated alkanes) is 16. The van der Waals surface area contributed by atoms with Gasteiger partial charge in [-0.05, 0) is 103 Å². The van der Waals surface area contributed by atoms with Gasteiger partial charge in [0.1, 0.15) is 6.10 Å². The van der Waals surface area contributed by atoms with E-state index in [2.05, 4.69) is 49.7 Å². The lowest BCUT2D eigenvalue weighted by molar-refractivity contribution is -0.145. The predicted octanol–water partition coefficient (Wildman–Crippen LogP) is 14.6. The van der Waals surface area contributed by atoms with Crippen molar-refractivity contribution in [1.29, 1.82) is 0 Å². The molecule has 358 valence electrons. The summed E-state index contributed by atoms with van der Waals surface area (Å²) in [4.78, 5) is 45.0. The third-order valence-electron chi connectivity index (χ3n) is 12.4. The van der Waals surface area contributed by atoms with E-state index in [0.717, 1.165) is 115 Å². The maximum atomic E-state index is 13.3. The van der Waals surface area contributed by atoms with Crippen molar-refractivity contribution < 1.29 is 28.6 Å². The molecule has 0 unspecified atom stereocenters. The molecule has 0 N–H and O–H groups in total. The molecule has 0 aliphatic carbocycles. The Morgan fingerprint density at radius 1 is 0.548 bits per heavy atom. The molecule has 0 radical (unpaired) electrons. The smallest absolute Gasteiger partial charge is 0.357 e. The van der Waals surface area contributed by atoms with Crippen LogP contribution in [0.5, 0.6) is 0 Å². The Bertz CT molecular complexity index is 1130. The first kappa shape index (κ1) is 57.4. The zero-order valence-corrected chi connectivity index (χ0v) is 41.3. The van der Waals surface area contributed by atoms with Crippen molar-refractivity contribution in [2.75, 3.05) is 33.9 Å². The minimum Gasteiger partial charge on any atom is -0.466 e. The number of aromatic nitrogens is 1. The van der Waals surface area contributed by atoms with Gasteiger partial charge in [-0.3, -0.25) is 9.59 Å². The molecule has 0 bridgehead atoms. The summed E-state index contributed by atoms with van der Waals surface area (Å²) >= 11 is 0. The SMILES string of the molecule is CCCCCC(CCCCC)CCOC(=O)CCCCCCCC(CCCCCCCC(=O)OCCC(CCCCC)CCCCC)OC(=O)c1cc#cc(CCCN(C)C)n1. The van der Waals surface area contributed by atoms with Crippen LogP contribution >= 0.6 is 0 Å². The number of aryl methyl sites for hydroxylation is 1. The lowest BCUT2D eigenvalue weighted by Crippen LogP contribution is -2.20. The average Bonchev–Trinajstić information content (AvgIpc) is 3.25. The van der Waals surface area contributed by atoms with Gasteiger partial charge in [-0.15, -0.1) is 0 Å². The van der Waals surface area contributed by atoms with Crippen molar-refractivity contribution in [2.24, 2.45) is 11.8 Å². The second-order valence-electron chi connectivity index (χ2n) is 18.6. The van der Waals surface area contributed by atoms with Crippen molar-refractivity contribution in [3.8, 4) is 0 Å². The molecule has 1 heterocycles. The quantitative estimate of drug-likeness (QED) is 0.0364. The van der Waals surface area contributed by atoms with Gasteiger partial charge >= 0.3 is 17.9 Å². The lowest BCUT2D eigenvalue weighted by atomic mass is 9.92. The number of carbonyl (C=O) groups excluding carboxylic acids is 3. The van der Waals surface area contributed by atoms with Gasteiger partial charge in [0, 0.05) is 18.9 Å². The second-order valence-corrected chi connectivity index (χ2v) is 18.6. The molecule has 1 aromatic rings. The van der Waals surface area contributed by atoms with Crippen LogP contribution in [0.3, 0.4) is 0 Å². The monoisotopic (exact) mass is 869 g/mol. The summed E-state index contributed by atoms with van der Waals surface area (Å²) in [6, 6.07) is 7.63. The normalized spacial score (nSPS) is 11.5. The molecule has 1 aromatic heterocycles. The van der Waals surface area contributed by atoms with E-state index < -0.39 is 0 Å². The molecule has 0 atom stereocenters. The maximum absolute atomic E-state index is 13.3. The number of carbonyl (C=O) groups is 3. The highest BCUT2D eigenvalue weighted by molar-refractivity contribution is 5.87. The molecule has 0 amide bonds. The molecule has 0 saturated carbocycles. The van der Waals surface area contributed by atoms with Crippen molar-refractivity contribution >= 4 is 17.9 Å². The Labute approximate surface area is 382 Å². The number of hydrogen-bond acceptors (Lipinski definition) is 8. The first-order valence-corrected chi connectivity index (χ1v) is 26.2. The number of hydrogen-bond donors (Lipinski definition) is 0. The topological polar surface area (TPSA) is 95.0 Å². The minimum absolute atomic E-state index is 0.0577. The summed E-state index contributed by atoms with van der Waals surface area (Å²) in [5, 5.41) is 0. The van der Waals surface area contributed by atoms with Crippen LogP contribution in [0.25, 0.3) is 0 Å². The summed E-state index contributed by atoms with van der Waals surface area (Å²) in [5.74, 6) is 0.856. The molecular weight excluding hydrogens is 773 g/mol. The maximum Gasteiger partial charge on any atom is 0.357 e. The highest BCUT2D eigenvalue weighted by atomic mass is 16.5. The van der Waals surface area contributed by atoms with E-state index in [9.17, 15) is 14.4 Å². The van der Waals surface area contributed by atoms with Gasteiger partial charge in [0.2, 0.25) is 0 Å².